The molecular weight excluding hydrogens is 316 g/mol. The molecule has 2 aromatic carbocycles. The summed E-state index contributed by atoms with van der Waals surface area (Å²) < 4.78 is 0. The molecule has 0 unspecified atom stereocenters. The van der Waals surface area contributed by atoms with Crippen molar-refractivity contribution in [2.45, 2.75) is 6.54 Å². The Labute approximate surface area is 139 Å². The average molecular weight is 333 g/mol. The predicted octanol–water partition coefficient (Wildman–Crippen LogP) is 1.55. The van der Waals surface area contributed by atoms with Crippen LogP contribution in [0.15, 0.2) is 48.5 Å². The lowest BCUT2D eigenvalue weighted by molar-refractivity contribution is -0.122. The van der Waals surface area contributed by atoms with Crippen molar-refractivity contribution in [2.75, 3.05) is 12.3 Å². The maximum atomic E-state index is 12.1. The van der Waals surface area contributed by atoms with Gasteiger partial charge in [0.2, 0.25) is 5.91 Å². The Balaban J connectivity index is 1.88. The van der Waals surface area contributed by atoms with E-state index in [0.29, 0.717) is 17.3 Å². The van der Waals surface area contributed by atoms with Crippen LogP contribution in [0.5, 0.6) is 0 Å². The van der Waals surface area contributed by atoms with Crippen molar-refractivity contribution in [3.63, 3.8) is 0 Å². The number of rotatable bonds is 5. The van der Waals surface area contributed by atoms with Crippen LogP contribution >= 0.6 is 11.6 Å². The molecule has 2 aromatic rings. The van der Waals surface area contributed by atoms with Gasteiger partial charge in [-0.05, 0) is 29.8 Å². The molecule has 7 heteroatoms. The Morgan fingerprint density at radius 3 is 2.39 bits per heavy atom. The maximum absolute atomic E-state index is 12.1. The standard InChI is InChI=1S/C16H17ClN4O2/c17-12-7-5-11(6-8-12)9-20-15(22)10-21(19)16(23)13-3-1-2-4-14(13)18/h1-8H,9-10,18-19H2,(H,20,22). The van der Waals surface area contributed by atoms with E-state index < -0.39 is 5.91 Å². The number of carbonyl (C=O) groups is 2. The van der Waals surface area contributed by atoms with E-state index >= 15 is 0 Å². The summed E-state index contributed by atoms with van der Waals surface area (Å²) >= 11 is 5.79. The number of hydrogen-bond donors (Lipinski definition) is 3. The Bertz CT molecular complexity index is 703. The SMILES string of the molecule is Nc1ccccc1C(=O)N(N)CC(=O)NCc1ccc(Cl)cc1. The lowest BCUT2D eigenvalue weighted by Crippen LogP contribution is -2.44. The molecule has 0 radical (unpaired) electrons. The summed E-state index contributed by atoms with van der Waals surface area (Å²) in [5.74, 6) is 4.78. The normalized spacial score (nSPS) is 10.2. The molecule has 0 aliphatic heterocycles. The van der Waals surface area contributed by atoms with Crippen LogP contribution in [0.25, 0.3) is 0 Å². The van der Waals surface area contributed by atoms with E-state index in [0.717, 1.165) is 10.6 Å². The van der Waals surface area contributed by atoms with Crippen molar-refractivity contribution in [1.29, 1.82) is 0 Å². The molecule has 0 saturated heterocycles. The molecule has 2 amide bonds. The molecular formula is C16H17ClN4O2. The third-order valence-corrected chi connectivity index (χ3v) is 3.42. The van der Waals surface area contributed by atoms with Crippen molar-refractivity contribution < 1.29 is 9.59 Å². The van der Waals surface area contributed by atoms with E-state index in [1.807, 2.05) is 0 Å². The number of halogens is 1. The fraction of sp³-hybridized carbons (Fsp3) is 0.125. The summed E-state index contributed by atoms with van der Waals surface area (Å²) in [5, 5.41) is 4.14. The Morgan fingerprint density at radius 1 is 1.09 bits per heavy atom. The van der Waals surface area contributed by atoms with Gasteiger partial charge in [-0.3, -0.25) is 14.6 Å². The lowest BCUT2D eigenvalue weighted by atomic mass is 10.1. The van der Waals surface area contributed by atoms with Gasteiger partial charge in [-0.25, -0.2) is 5.84 Å². The van der Waals surface area contributed by atoms with E-state index in [4.69, 9.17) is 23.2 Å². The molecule has 0 aliphatic rings. The van der Waals surface area contributed by atoms with Crippen LogP contribution in [0.3, 0.4) is 0 Å². The zero-order valence-electron chi connectivity index (χ0n) is 12.3. The lowest BCUT2D eigenvalue weighted by Gasteiger charge is -2.17. The first-order valence-electron chi connectivity index (χ1n) is 6.89. The van der Waals surface area contributed by atoms with Crippen molar-refractivity contribution in [3.05, 3.63) is 64.7 Å². The predicted molar refractivity (Wildman–Crippen MR) is 89.4 cm³/mol. The third-order valence-electron chi connectivity index (χ3n) is 3.17. The molecule has 6 nitrogen and oxygen atoms in total. The number of hydrazine groups is 1. The number of hydrogen-bond acceptors (Lipinski definition) is 4. The van der Waals surface area contributed by atoms with Crippen LogP contribution in [0.2, 0.25) is 5.02 Å². The molecule has 0 bridgehead atoms. The van der Waals surface area contributed by atoms with Gasteiger partial charge in [0, 0.05) is 17.3 Å². The molecule has 0 aliphatic carbocycles. The summed E-state index contributed by atoms with van der Waals surface area (Å²) in [6.45, 7) is 0.0618. The van der Waals surface area contributed by atoms with Crippen molar-refractivity contribution in [2.24, 2.45) is 5.84 Å². The largest absolute Gasteiger partial charge is 0.398 e. The monoisotopic (exact) mass is 332 g/mol. The molecule has 120 valence electrons. The first-order chi connectivity index (χ1) is 11.0. The van der Waals surface area contributed by atoms with Gasteiger partial charge in [0.05, 0.1) is 5.56 Å². The van der Waals surface area contributed by atoms with Gasteiger partial charge in [-0.15, -0.1) is 0 Å². The van der Waals surface area contributed by atoms with Gasteiger partial charge in [-0.1, -0.05) is 35.9 Å². The van der Waals surface area contributed by atoms with Gasteiger partial charge < -0.3 is 11.1 Å². The molecule has 5 N–H and O–H groups in total. The highest BCUT2D eigenvalue weighted by molar-refractivity contribution is 6.30. The summed E-state index contributed by atoms with van der Waals surface area (Å²) in [6.07, 6.45) is 0. The highest BCUT2D eigenvalue weighted by Gasteiger charge is 2.17. The van der Waals surface area contributed by atoms with Crippen LogP contribution in [-0.4, -0.2) is 23.4 Å². The van der Waals surface area contributed by atoms with E-state index in [2.05, 4.69) is 5.32 Å². The number of benzene rings is 2. The number of nitrogens with one attached hydrogen (secondary N) is 1. The first kappa shape index (κ1) is 16.8. The van der Waals surface area contributed by atoms with Crippen LogP contribution in [0.4, 0.5) is 5.69 Å². The smallest absolute Gasteiger partial charge is 0.270 e. The average Bonchev–Trinajstić information content (AvgIpc) is 2.54. The highest BCUT2D eigenvalue weighted by atomic mass is 35.5. The Morgan fingerprint density at radius 2 is 1.74 bits per heavy atom. The van der Waals surface area contributed by atoms with Crippen LogP contribution in [0, 0.1) is 0 Å². The highest BCUT2D eigenvalue weighted by Crippen LogP contribution is 2.12. The molecule has 0 heterocycles. The number of para-hydroxylation sites is 1. The van der Waals surface area contributed by atoms with Gasteiger partial charge in [-0.2, -0.15) is 0 Å². The molecule has 0 atom stereocenters. The number of anilines is 1. The zero-order chi connectivity index (χ0) is 16.8. The molecule has 0 fully saturated rings. The number of nitrogen functional groups attached to an aromatic ring is 1. The number of nitrogens with two attached hydrogens (primary N) is 2. The van der Waals surface area contributed by atoms with Gasteiger partial charge >= 0.3 is 0 Å². The quantitative estimate of drug-likeness (QED) is 0.334. The van der Waals surface area contributed by atoms with Gasteiger partial charge in [0.1, 0.15) is 6.54 Å². The molecule has 0 aromatic heterocycles. The van der Waals surface area contributed by atoms with E-state index in [1.165, 1.54) is 0 Å². The zero-order valence-corrected chi connectivity index (χ0v) is 13.1. The minimum Gasteiger partial charge on any atom is -0.398 e. The minimum absolute atomic E-state index is 0.263. The van der Waals surface area contributed by atoms with Crippen molar-refractivity contribution in [3.8, 4) is 0 Å². The molecule has 2 rings (SSSR count). The number of amides is 2. The first-order valence-corrected chi connectivity index (χ1v) is 7.27. The molecule has 0 saturated carbocycles. The van der Waals surface area contributed by atoms with E-state index in [-0.39, 0.29) is 18.0 Å². The summed E-state index contributed by atoms with van der Waals surface area (Å²) in [7, 11) is 0. The van der Waals surface area contributed by atoms with E-state index in [9.17, 15) is 9.59 Å². The van der Waals surface area contributed by atoms with Crippen molar-refractivity contribution in [1.82, 2.24) is 10.3 Å². The van der Waals surface area contributed by atoms with E-state index in [1.54, 1.807) is 48.5 Å². The topological polar surface area (TPSA) is 101 Å². The summed E-state index contributed by atoms with van der Waals surface area (Å²) in [5.41, 5.74) is 7.19. The summed E-state index contributed by atoms with van der Waals surface area (Å²) in [4.78, 5) is 24.0. The fourth-order valence-electron chi connectivity index (χ4n) is 1.93. The number of nitrogens with zero attached hydrogens (tertiary/aromatic N) is 1. The Kier molecular flexibility index (Phi) is 5.56. The maximum Gasteiger partial charge on any atom is 0.270 e. The second-order valence-electron chi connectivity index (χ2n) is 4.92. The van der Waals surface area contributed by atoms with Crippen LogP contribution in [0.1, 0.15) is 15.9 Å². The summed E-state index contributed by atoms with van der Waals surface area (Å²) in [6, 6.07) is 13.6. The minimum atomic E-state index is -0.509. The van der Waals surface area contributed by atoms with Gasteiger partial charge in [0.15, 0.2) is 0 Å². The van der Waals surface area contributed by atoms with Crippen LogP contribution in [-0.2, 0) is 11.3 Å². The fourth-order valence-corrected chi connectivity index (χ4v) is 2.06. The molecule has 0 spiro atoms. The third kappa shape index (κ3) is 4.70. The van der Waals surface area contributed by atoms with Crippen LogP contribution < -0.4 is 16.9 Å². The second-order valence-corrected chi connectivity index (χ2v) is 5.36. The molecule has 23 heavy (non-hydrogen) atoms. The van der Waals surface area contributed by atoms with Crippen molar-refractivity contribution >= 4 is 29.1 Å². The number of carbonyl (C=O) groups excluding carboxylic acids is 2. The van der Waals surface area contributed by atoms with Gasteiger partial charge in [0.25, 0.3) is 5.91 Å². The Hall–Kier alpha value is -2.57. The second kappa shape index (κ2) is 7.62.